The summed E-state index contributed by atoms with van der Waals surface area (Å²) in [4.78, 5) is 22.1. The molecule has 4 heterocycles. The second kappa shape index (κ2) is 7.85. The first-order chi connectivity index (χ1) is 14.6. The topological polar surface area (TPSA) is 57.2 Å². The molecule has 0 aliphatic carbocycles. The van der Waals surface area contributed by atoms with Crippen molar-refractivity contribution in [1.29, 1.82) is 0 Å². The maximum absolute atomic E-state index is 12.8. The molecule has 2 aromatic heterocycles. The van der Waals surface area contributed by atoms with Gasteiger partial charge in [0.15, 0.2) is 0 Å². The number of benzene rings is 1. The molecule has 30 heavy (non-hydrogen) atoms. The molecule has 1 saturated heterocycles. The number of H-pyrrole nitrogens is 1. The molecule has 6 nitrogen and oxygen atoms in total. The van der Waals surface area contributed by atoms with Gasteiger partial charge in [0.1, 0.15) is 0 Å². The molecule has 2 aliphatic heterocycles. The number of piperidine rings is 1. The zero-order valence-corrected chi connectivity index (χ0v) is 17.6. The van der Waals surface area contributed by atoms with E-state index >= 15 is 0 Å². The first-order valence-corrected chi connectivity index (χ1v) is 10.8. The number of fused-ring (bicyclic) bond motifs is 2. The van der Waals surface area contributed by atoms with Gasteiger partial charge in [-0.2, -0.15) is 0 Å². The van der Waals surface area contributed by atoms with Gasteiger partial charge in [-0.3, -0.25) is 29.4 Å². The Hall–Kier alpha value is -2.70. The summed E-state index contributed by atoms with van der Waals surface area (Å²) >= 11 is 0. The lowest BCUT2D eigenvalue weighted by molar-refractivity contribution is 0.0881. The fraction of sp³-hybridized carbons (Fsp3) is 0.417. The van der Waals surface area contributed by atoms with Crippen molar-refractivity contribution < 1.29 is 0 Å². The van der Waals surface area contributed by atoms with Crippen molar-refractivity contribution in [2.24, 2.45) is 7.05 Å². The highest BCUT2D eigenvalue weighted by Crippen LogP contribution is 2.40. The summed E-state index contributed by atoms with van der Waals surface area (Å²) in [6.45, 7) is 5.60. The van der Waals surface area contributed by atoms with Crippen LogP contribution in [0.1, 0.15) is 35.2 Å². The third kappa shape index (κ3) is 3.61. The minimum atomic E-state index is 0.0173. The molecule has 0 saturated carbocycles. The maximum Gasteiger partial charge on any atom is 0.271 e. The van der Waals surface area contributed by atoms with Crippen LogP contribution in [-0.2, 0) is 32.1 Å². The highest BCUT2D eigenvalue weighted by molar-refractivity contribution is 5.31. The molecule has 0 radical (unpaired) electrons. The summed E-state index contributed by atoms with van der Waals surface area (Å²) in [6, 6.07) is 14.8. The summed E-state index contributed by atoms with van der Waals surface area (Å²) in [5.41, 5.74) is 4.82. The number of hydrogen-bond acceptors (Lipinski definition) is 4. The molecule has 0 unspecified atom stereocenters. The van der Waals surface area contributed by atoms with Crippen molar-refractivity contribution in [3.8, 4) is 0 Å². The van der Waals surface area contributed by atoms with E-state index < -0.39 is 0 Å². The van der Waals surface area contributed by atoms with Crippen LogP contribution in [0.2, 0.25) is 0 Å². The van der Waals surface area contributed by atoms with Crippen LogP contribution >= 0.6 is 0 Å². The Morgan fingerprint density at radius 3 is 2.47 bits per heavy atom. The van der Waals surface area contributed by atoms with E-state index in [0.29, 0.717) is 6.54 Å². The van der Waals surface area contributed by atoms with Gasteiger partial charge in [-0.15, -0.1) is 0 Å². The van der Waals surface area contributed by atoms with E-state index in [2.05, 4.69) is 56.3 Å². The van der Waals surface area contributed by atoms with Crippen LogP contribution in [0.5, 0.6) is 0 Å². The number of likely N-dealkylation sites (tertiary alicyclic amines) is 1. The summed E-state index contributed by atoms with van der Waals surface area (Å²) in [6.07, 6.45) is 5.87. The van der Waals surface area contributed by atoms with E-state index in [1.807, 2.05) is 25.5 Å². The van der Waals surface area contributed by atoms with E-state index in [1.165, 1.54) is 16.8 Å². The largest absolute Gasteiger partial charge is 0.299 e. The predicted octanol–water partition coefficient (Wildman–Crippen LogP) is 2.66. The van der Waals surface area contributed by atoms with Crippen molar-refractivity contribution in [2.45, 2.75) is 37.9 Å². The van der Waals surface area contributed by atoms with E-state index in [0.717, 1.165) is 51.1 Å². The number of rotatable bonds is 4. The fourth-order valence-electron chi connectivity index (χ4n) is 5.22. The monoisotopic (exact) mass is 403 g/mol. The van der Waals surface area contributed by atoms with E-state index in [1.54, 1.807) is 4.68 Å². The first kappa shape index (κ1) is 19.3. The average Bonchev–Trinajstić information content (AvgIpc) is 3.06. The van der Waals surface area contributed by atoms with Crippen molar-refractivity contribution in [1.82, 2.24) is 24.6 Å². The summed E-state index contributed by atoms with van der Waals surface area (Å²) in [5.74, 6) is 0. The minimum Gasteiger partial charge on any atom is -0.299 e. The number of aryl methyl sites for hydroxylation is 1. The molecule has 1 aromatic carbocycles. The van der Waals surface area contributed by atoms with Crippen LogP contribution in [0.3, 0.4) is 0 Å². The van der Waals surface area contributed by atoms with Crippen molar-refractivity contribution in [2.75, 3.05) is 19.6 Å². The SMILES string of the molecule is Cn1[nH]c2c(c1=O)CN(Cc1cccnc1)CC21CCN(Cc2ccccc2)CC1. The Kier molecular flexibility index (Phi) is 5.05. The van der Waals surface area contributed by atoms with Gasteiger partial charge in [-0.05, 0) is 43.1 Å². The molecule has 6 heteroatoms. The summed E-state index contributed by atoms with van der Waals surface area (Å²) in [7, 11) is 1.84. The second-order valence-electron chi connectivity index (χ2n) is 8.88. The fourth-order valence-corrected chi connectivity index (χ4v) is 5.22. The van der Waals surface area contributed by atoms with Crippen LogP contribution in [-0.4, -0.2) is 44.2 Å². The minimum absolute atomic E-state index is 0.0173. The van der Waals surface area contributed by atoms with Crippen molar-refractivity contribution >= 4 is 0 Å². The molecule has 0 bridgehead atoms. The molecular formula is C24H29N5O. The highest BCUT2D eigenvalue weighted by Gasteiger charge is 2.44. The van der Waals surface area contributed by atoms with Gasteiger partial charge < -0.3 is 0 Å². The van der Waals surface area contributed by atoms with E-state index in [9.17, 15) is 4.79 Å². The van der Waals surface area contributed by atoms with Crippen LogP contribution in [0.4, 0.5) is 0 Å². The van der Waals surface area contributed by atoms with Gasteiger partial charge in [-0.1, -0.05) is 36.4 Å². The standard InChI is InChI=1S/C24H29N5O/c1-27-23(30)21-17-29(16-20-8-5-11-25-14-20)18-24(22(21)26-27)9-12-28(13-10-24)15-19-6-3-2-4-7-19/h2-8,11,14,26H,9-10,12-13,15-18H2,1H3. The van der Waals surface area contributed by atoms with Gasteiger partial charge in [-0.25, -0.2) is 0 Å². The zero-order chi connectivity index (χ0) is 20.6. The van der Waals surface area contributed by atoms with Gasteiger partial charge in [0.2, 0.25) is 0 Å². The number of aromatic nitrogens is 3. The zero-order valence-electron chi connectivity index (χ0n) is 17.6. The predicted molar refractivity (Wildman–Crippen MR) is 117 cm³/mol. The molecule has 1 N–H and O–H groups in total. The number of hydrogen-bond donors (Lipinski definition) is 1. The molecule has 156 valence electrons. The quantitative estimate of drug-likeness (QED) is 0.728. The third-order valence-corrected chi connectivity index (χ3v) is 6.77. The lowest BCUT2D eigenvalue weighted by Crippen LogP contribution is -2.52. The lowest BCUT2D eigenvalue weighted by atomic mass is 9.72. The van der Waals surface area contributed by atoms with E-state index in [-0.39, 0.29) is 11.0 Å². The van der Waals surface area contributed by atoms with Crippen molar-refractivity contribution in [3.63, 3.8) is 0 Å². The molecule has 1 spiro atoms. The van der Waals surface area contributed by atoms with Crippen LogP contribution in [0.25, 0.3) is 0 Å². The number of aromatic amines is 1. The van der Waals surface area contributed by atoms with Gasteiger partial charge in [0.05, 0.1) is 5.56 Å². The molecule has 2 aliphatic rings. The Bertz CT molecular complexity index is 1050. The van der Waals surface area contributed by atoms with Crippen LogP contribution in [0, 0.1) is 0 Å². The molecule has 3 aromatic rings. The van der Waals surface area contributed by atoms with Gasteiger partial charge >= 0.3 is 0 Å². The normalized spacial score (nSPS) is 19.1. The maximum atomic E-state index is 12.8. The Balaban J connectivity index is 1.38. The van der Waals surface area contributed by atoms with E-state index in [4.69, 9.17) is 0 Å². The van der Waals surface area contributed by atoms with Gasteiger partial charge in [0, 0.05) is 56.7 Å². The summed E-state index contributed by atoms with van der Waals surface area (Å²) < 4.78 is 1.66. The molecular weight excluding hydrogens is 374 g/mol. The first-order valence-electron chi connectivity index (χ1n) is 10.8. The molecule has 5 rings (SSSR count). The Labute approximate surface area is 177 Å². The number of pyridine rings is 1. The smallest absolute Gasteiger partial charge is 0.271 e. The molecule has 0 atom stereocenters. The van der Waals surface area contributed by atoms with Gasteiger partial charge in [0.25, 0.3) is 5.56 Å². The highest BCUT2D eigenvalue weighted by atomic mass is 16.1. The third-order valence-electron chi connectivity index (χ3n) is 6.77. The average molecular weight is 404 g/mol. The molecule has 0 amide bonds. The lowest BCUT2D eigenvalue weighted by Gasteiger charge is -2.47. The summed E-state index contributed by atoms with van der Waals surface area (Å²) in [5, 5.41) is 3.42. The molecule has 1 fully saturated rings. The second-order valence-corrected chi connectivity index (χ2v) is 8.88. The van der Waals surface area contributed by atoms with Crippen LogP contribution in [0.15, 0.2) is 59.7 Å². The van der Waals surface area contributed by atoms with Crippen LogP contribution < -0.4 is 5.56 Å². The van der Waals surface area contributed by atoms with Crippen molar-refractivity contribution in [3.05, 3.63) is 87.6 Å². The number of nitrogens with zero attached hydrogens (tertiary/aromatic N) is 4. The Morgan fingerprint density at radius 2 is 1.73 bits per heavy atom. The Morgan fingerprint density at radius 1 is 1.00 bits per heavy atom. The number of nitrogens with one attached hydrogen (secondary N) is 1.